The lowest BCUT2D eigenvalue weighted by Gasteiger charge is -2.73. The summed E-state index contributed by atoms with van der Waals surface area (Å²) in [6.45, 7) is 21.4. The van der Waals surface area contributed by atoms with Crippen LogP contribution >= 0.6 is 0 Å². The van der Waals surface area contributed by atoms with Crippen LogP contribution in [0.5, 0.6) is 0 Å². The standard InChI is InChI=1S/C31H54/c1-9-21(2)22-13-18-28(5)23(22)14-19-30(7)25(28)11-12-26-29(6)17-10-16-27(3,4)24(29)15-20-31(26,30)8/h21-26H,9-20H2,1-8H3/t21?,22-,23+,24-,25+,26+,28-,29-,30+,31+/m0/s1. The molecule has 5 fully saturated rings. The molecule has 0 aromatic heterocycles. The maximum atomic E-state index is 2.82. The molecule has 0 aromatic rings. The smallest absolute Gasteiger partial charge is 0.0235 e. The Morgan fingerprint density at radius 3 is 1.90 bits per heavy atom. The molecule has 5 rings (SSSR count). The molecule has 0 heteroatoms. The highest BCUT2D eigenvalue weighted by Crippen LogP contribution is 2.78. The van der Waals surface area contributed by atoms with Crippen molar-refractivity contribution in [1.82, 2.24) is 0 Å². The first-order valence-corrected chi connectivity index (χ1v) is 14.4. The number of hydrogen-bond acceptors (Lipinski definition) is 0. The molecule has 0 N–H and O–H groups in total. The van der Waals surface area contributed by atoms with Gasteiger partial charge < -0.3 is 0 Å². The van der Waals surface area contributed by atoms with Crippen LogP contribution in [-0.2, 0) is 0 Å². The third kappa shape index (κ3) is 2.78. The second-order valence-electron chi connectivity index (χ2n) is 15.2. The lowest BCUT2D eigenvalue weighted by Crippen LogP contribution is -2.65. The second kappa shape index (κ2) is 7.01. The zero-order valence-corrected chi connectivity index (χ0v) is 22.4. The molecule has 1 unspecified atom stereocenters. The Balaban J connectivity index is 1.50. The van der Waals surface area contributed by atoms with Gasteiger partial charge >= 0.3 is 0 Å². The largest absolute Gasteiger partial charge is 0.0651 e. The van der Waals surface area contributed by atoms with E-state index in [0.29, 0.717) is 27.1 Å². The summed E-state index contributed by atoms with van der Waals surface area (Å²) in [6, 6.07) is 0. The van der Waals surface area contributed by atoms with Gasteiger partial charge in [-0.3, -0.25) is 0 Å². The summed E-state index contributed by atoms with van der Waals surface area (Å²) in [5, 5.41) is 0. The van der Waals surface area contributed by atoms with Crippen LogP contribution in [0.4, 0.5) is 0 Å². The summed E-state index contributed by atoms with van der Waals surface area (Å²) >= 11 is 0. The van der Waals surface area contributed by atoms with E-state index >= 15 is 0 Å². The van der Waals surface area contributed by atoms with E-state index in [2.05, 4.69) is 55.4 Å². The minimum Gasteiger partial charge on any atom is -0.0651 e. The fourth-order valence-corrected chi connectivity index (χ4v) is 12.3. The molecule has 0 spiro atoms. The first-order valence-electron chi connectivity index (χ1n) is 14.4. The summed E-state index contributed by atoms with van der Waals surface area (Å²) in [5.74, 6) is 5.86. The van der Waals surface area contributed by atoms with Gasteiger partial charge in [-0.15, -0.1) is 0 Å². The lowest BCUT2D eigenvalue weighted by atomic mass is 9.32. The Kier molecular flexibility index (Phi) is 5.15. The topological polar surface area (TPSA) is 0 Å². The molecule has 5 saturated carbocycles. The van der Waals surface area contributed by atoms with Crippen LogP contribution in [0.15, 0.2) is 0 Å². The lowest BCUT2D eigenvalue weighted by molar-refractivity contribution is -0.241. The van der Waals surface area contributed by atoms with Crippen molar-refractivity contribution in [1.29, 1.82) is 0 Å². The Bertz CT molecular complexity index is 705. The highest BCUT2D eigenvalue weighted by Gasteiger charge is 2.70. The van der Waals surface area contributed by atoms with Crippen molar-refractivity contribution >= 4 is 0 Å². The first kappa shape index (κ1) is 22.8. The van der Waals surface area contributed by atoms with Crippen LogP contribution in [0.25, 0.3) is 0 Å². The molecule has 0 bridgehead atoms. The van der Waals surface area contributed by atoms with Crippen LogP contribution in [0, 0.1) is 62.6 Å². The molecule has 10 atom stereocenters. The molecule has 5 aliphatic rings. The average Bonchev–Trinajstić information content (AvgIpc) is 3.04. The zero-order valence-electron chi connectivity index (χ0n) is 22.4. The van der Waals surface area contributed by atoms with Crippen molar-refractivity contribution in [2.24, 2.45) is 62.6 Å². The Morgan fingerprint density at radius 2 is 1.26 bits per heavy atom. The number of hydrogen-bond donors (Lipinski definition) is 0. The van der Waals surface area contributed by atoms with E-state index in [0.717, 1.165) is 35.5 Å². The van der Waals surface area contributed by atoms with E-state index < -0.39 is 0 Å². The third-order valence-corrected chi connectivity index (χ3v) is 14.1. The molecule has 0 amide bonds. The summed E-state index contributed by atoms with van der Waals surface area (Å²) in [4.78, 5) is 0. The average molecular weight is 427 g/mol. The van der Waals surface area contributed by atoms with E-state index in [1.165, 1.54) is 70.6 Å². The fraction of sp³-hybridized carbons (Fsp3) is 1.00. The fourth-order valence-electron chi connectivity index (χ4n) is 12.3. The summed E-state index contributed by atoms with van der Waals surface area (Å²) < 4.78 is 0. The Hall–Kier alpha value is 0. The van der Waals surface area contributed by atoms with Gasteiger partial charge in [0, 0.05) is 0 Å². The van der Waals surface area contributed by atoms with Crippen molar-refractivity contribution in [3.63, 3.8) is 0 Å². The highest BCUT2D eigenvalue weighted by atomic mass is 14.7. The zero-order chi connectivity index (χ0) is 22.4. The normalized spacial score (nSPS) is 56.7. The molecule has 178 valence electrons. The summed E-state index contributed by atoms with van der Waals surface area (Å²) in [6.07, 6.45) is 18.1. The molecule has 5 aliphatic carbocycles. The van der Waals surface area contributed by atoms with Gasteiger partial charge in [0.25, 0.3) is 0 Å². The minimum atomic E-state index is 0.560. The van der Waals surface area contributed by atoms with Gasteiger partial charge in [0.2, 0.25) is 0 Å². The maximum Gasteiger partial charge on any atom is -0.0235 e. The third-order valence-electron chi connectivity index (χ3n) is 14.1. The van der Waals surface area contributed by atoms with Crippen molar-refractivity contribution in [3.05, 3.63) is 0 Å². The molecule has 0 heterocycles. The first-order chi connectivity index (χ1) is 14.4. The van der Waals surface area contributed by atoms with Gasteiger partial charge in [-0.1, -0.05) is 68.2 Å². The summed E-state index contributed by atoms with van der Waals surface area (Å²) in [5.41, 5.74) is 2.91. The van der Waals surface area contributed by atoms with Crippen LogP contribution < -0.4 is 0 Å². The molecule has 0 radical (unpaired) electrons. The molecule has 0 aliphatic heterocycles. The van der Waals surface area contributed by atoms with Gasteiger partial charge in [-0.05, 0) is 127 Å². The molecule has 0 aromatic carbocycles. The van der Waals surface area contributed by atoms with Crippen molar-refractivity contribution < 1.29 is 0 Å². The van der Waals surface area contributed by atoms with Crippen molar-refractivity contribution in [2.45, 2.75) is 132 Å². The van der Waals surface area contributed by atoms with E-state index in [1.54, 1.807) is 6.42 Å². The van der Waals surface area contributed by atoms with Crippen LogP contribution in [0.1, 0.15) is 132 Å². The van der Waals surface area contributed by atoms with Crippen LogP contribution in [-0.4, -0.2) is 0 Å². The monoisotopic (exact) mass is 426 g/mol. The SMILES string of the molecule is CCC(C)[C@@H]1CC[C@@]2(C)[C@@H]1CC[C@]1(C)[C@@H]2CC[C@@H]2[C@@]3(C)CCCC(C)(C)[C@@H]3CC[C@]21C. The van der Waals surface area contributed by atoms with E-state index in [4.69, 9.17) is 0 Å². The Morgan fingerprint density at radius 1 is 0.645 bits per heavy atom. The van der Waals surface area contributed by atoms with Gasteiger partial charge in [0.1, 0.15) is 0 Å². The van der Waals surface area contributed by atoms with E-state index in [9.17, 15) is 0 Å². The van der Waals surface area contributed by atoms with Crippen LogP contribution in [0.3, 0.4) is 0 Å². The molecule has 0 saturated heterocycles. The highest BCUT2D eigenvalue weighted by molar-refractivity contribution is 5.19. The minimum absolute atomic E-state index is 0.560. The van der Waals surface area contributed by atoms with E-state index in [-0.39, 0.29) is 0 Å². The van der Waals surface area contributed by atoms with Crippen molar-refractivity contribution in [2.75, 3.05) is 0 Å². The molecule has 0 nitrogen and oxygen atoms in total. The molecular weight excluding hydrogens is 372 g/mol. The number of fused-ring (bicyclic) bond motifs is 7. The van der Waals surface area contributed by atoms with Crippen LogP contribution in [0.2, 0.25) is 0 Å². The van der Waals surface area contributed by atoms with Gasteiger partial charge in [0.15, 0.2) is 0 Å². The van der Waals surface area contributed by atoms with Gasteiger partial charge in [-0.2, -0.15) is 0 Å². The maximum absolute atomic E-state index is 2.82. The predicted molar refractivity (Wildman–Crippen MR) is 134 cm³/mol. The van der Waals surface area contributed by atoms with Gasteiger partial charge in [0.05, 0.1) is 0 Å². The molecule has 31 heavy (non-hydrogen) atoms. The number of rotatable bonds is 2. The predicted octanol–water partition coefficient (Wildman–Crippen LogP) is 9.52. The quantitative estimate of drug-likeness (QED) is 0.412. The second-order valence-corrected chi connectivity index (χ2v) is 15.2. The summed E-state index contributed by atoms with van der Waals surface area (Å²) in [7, 11) is 0. The van der Waals surface area contributed by atoms with Crippen molar-refractivity contribution in [3.8, 4) is 0 Å². The molecular formula is C31H54. The van der Waals surface area contributed by atoms with Gasteiger partial charge in [-0.25, -0.2) is 0 Å². The Labute approximate surface area is 195 Å². The van der Waals surface area contributed by atoms with E-state index in [1.807, 2.05) is 0 Å².